The van der Waals surface area contributed by atoms with E-state index < -0.39 is 0 Å². The summed E-state index contributed by atoms with van der Waals surface area (Å²) >= 11 is 0. The number of imidazole rings is 1. The molecule has 0 radical (unpaired) electrons. The molecule has 1 aliphatic heterocycles. The largest absolute Gasteiger partial charge is 0.493 e. The number of piperazine rings is 1. The minimum Gasteiger partial charge on any atom is -0.493 e. The van der Waals surface area contributed by atoms with Crippen molar-refractivity contribution in [2.45, 2.75) is 38.8 Å². The topological polar surface area (TPSA) is 55.7 Å². The molecular weight excluding hydrogens is 462 g/mol. The predicted molar refractivity (Wildman–Crippen MR) is 149 cm³/mol. The minimum absolute atomic E-state index is 0.433. The maximum absolute atomic E-state index is 5.55. The van der Waals surface area contributed by atoms with Crippen LogP contribution in [-0.2, 0) is 0 Å². The number of ether oxygens (including phenoxy) is 2. The van der Waals surface area contributed by atoms with Crippen LogP contribution < -0.4 is 14.4 Å². The average Bonchev–Trinajstić information content (AvgIpc) is 3.71. The first-order chi connectivity index (χ1) is 18.1. The smallest absolute Gasteiger partial charge is 0.161 e. The van der Waals surface area contributed by atoms with Gasteiger partial charge in [0.25, 0.3) is 0 Å². The summed E-state index contributed by atoms with van der Waals surface area (Å²) in [6, 6.07) is 20.1. The summed E-state index contributed by atoms with van der Waals surface area (Å²) in [5, 5.41) is 0. The van der Waals surface area contributed by atoms with Crippen LogP contribution in [0.1, 0.15) is 32.7 Å². The van der Waals surface area contributed by atoms with Gasteiger partial charge in [-0.15, -0.1) is 0 Å². The second-order valence-electron chi connectivity index (χ2n) is 10.3. The van der Waals surface area contributed by atoms with Gasteiger partial charge in [-0.05, 0) is 69.2 Å². The highest BCUT2D eigenvalue weighted by molar-refractivity contribution is 5.81. The Balaban J connectivity index is 1.31. The van der Waals surface area contributed by atoms with Gasteiger partial charge in [-0.2, -0.15) is 0 Å². The van der Waals surface area contributed by atoms with Crippen molar-refractivity contribution in [3.05, 3.63) is 54.6 Å². The summed E-state index contributed by atoms with van der Waals surface area (Å²) < 4.78 is 13.3. The molecule has 2 aromatic heterocycles. The molecule has 0 unspecified atom stereocenters. The molecule has 2 aliphatic rings. The van der Waals surface area contributed by atoms with Crippen molar-refractivity contribution in [1.82, 2.24) is 19.4 Å². The Morgan fingerprint density at radius 1 is 0.784 bits per heavy atom. The molecule has 7 heteroatoms. The maximum atomic E-state index is 5.55. The molecule has 3 heterocycles. The molecule has 7 nitrogen and oxygen atoms in total. The van der Waals surface area contributed by atoms with Gasteiger partial charge in [-0.3, -0.25) is 4.90 Å². The summed E-state index contributed by atoms with van der Waals surface area (Å²) in [6.07, 6.45) is 2.30. The Morgan fingerprint density at radius 3 is 2.14 bits per heavy atom. The Hall–Kier alpha value is -3.58. The summed E-state index contributed by atoms with van der Waals surface area (Å²) in [7, 11) is 3.32. The molecule has 0 atom stereocenters. The number of nitrogens with zero attached hydrogens (tertiary/aromatic N) is 5. The van der Waals surface area contributed by atoms with Crippen LogP contribution in [0.4, 0.5) is 5.69 Å². The predicted octanol–water partition coefficient (Wildman–Crippen LogP) is 5.65. The van der Waals surface area contributed by atoms with E-state index >= 15 is 0 Å². The fraction of sp³-hybridized carbons (Fsp3) is 0.400. The lowest BCUT2D eigenvalue weighted by Crippen LogP contribution is -2.48. The number of rotatable bonds is 7. The van der Waals surface area contributed by atoms with E-state index in [-0.39, 0.29) is 0 Å². The lowest BCUT2D eigenvalue weighted by atomic mass is 10.1. The Bertz CT molecular complexity index is 1400. The molecule has 1 saturated carbocycles. The molecule has 2 fully saturated rings. The van der Waals surface area contributed by atoms with Crippen molar-refractivity contribution in [3.8, 4) is 34.1 Å². The zero-order valence-corrected chi connectivity index (χ0v) is 22.1. The molecule has 0 spiro atoms. The lowest BCUT2D eigenvalue weighted by molar-refractivity contribution is 0.209. The number of hydrogen-bond acceptors (Lipinski definition) is 6. The highest BCUT2D eigenvalue weighted by atomic mass is 16.5. The quantitative estimate of drug-likeness (QED) is 0.329. The highest BCUT2D eigenvalue weighted by Crippen LogP contribution is 2.42. The van der Waals surface area contributed by atoms with E-state index in [1.807, 2.05) is 18.2 Å². The summed E-state index contributed by atoms with van der Waals surface area (Å²) in [6.45, 7) is 8.93. The van der Waals surface area contributed by atoms with E-state index in [0.29, 0.717) is 23.6 Å². The molecular formula is C30H35N5O2. The number of aromatic nitrogens is 3. The van der Waals surface area contributed by atoms with Crippen molar-refractivity contribution in [2.75, 3.05) is 45.3 Å². The Kier molecular flexibility index (Phi) is 6.24. The van der Waals surface area contributed by atoms with Gasteiger partial charge in [-0.1, -0.05) is 12.1 Å². The van der Waals surface area contributed by atoms with Crippen molar-refractivity contribution in [3.63, 3.8) is 0 Å². The molecule has 1 aliphatic carbocycles. The first-order valence-corrected chi connectivity index (χ1v) is 13.3. The molecule has 37 heavy (non-hydrogen) atoms. The van der Waals surface area contributed by atoms with Crippen LogP contribution in [0, 0.1) is 0 Å². The van der Waals surface area contributed by atoms with Gasteiger partial charge in [-0.25, -0.2) is 9.97 Å². The fourth-order valence-corrected chi connectivity index (χ4v) is 5.33. The molecule has 6 rings (SSSR count). The molecule has 2 aromatic carbocycles. The van der Waals surface area contributed by atoms with Crippen molar-refractivity contribution < 1.29 is 9.47 Å². The number of methoxy groups -OCH3 is 2. The van der Waals surface area contributed by atoms with Crippen molar-refractivity contribution >= 4 is 16.9 Å². The maximum Gasteiger partial charge on any atom is 0.161 e. The van der Waals surface area contributed by atoms with Crippen molar-refractivity contribution in [2.24, 2.45) is 0 Å². The zero-order chi connectivity index (χ0) is 25.5. The van der Waals surface area contributed by atoms with E-state index in [1.54, 1.807) is 14.2 Å². The molecule has 0 bridgehead atoms. The molecule has 192 valence electrons. The van der Waals surface area contributed by atoms with Crippen LogP contribution in [0.25, 0.3) is 33.8 Å². The van der Waals surface area contributed by atoms with E-state index in [9.17, 15) is 0 Å². The van der Waals surface area contributed by atoms with Gasteiger partial charge in [0.05, 0.1) is 19.9 Å². The standard InChI is InChI=1S/C30H35N5O2/c1-20(2)33-15-17-34(18-16-33)23-8-5-21(6-9-23)25-12-13-26-30(31-25)35(24-10-11-24)29(32-26)22-7-14-27(36-3)28(19-22)37-4/h5-9,12-14,19-20,24H,10-11,15-18H2,1-4H3. The first kappa shape index (κ1) is 23.8. The average molecular weight is 498 g/mol. The number of anilines is 1. The second-order valence-corrected chi connectivity index (χ2v) is 10.3. The first-order valence-electron chi connectivity index (χ1n) is 13.3. The normalized spacial score (nSPS) is 16.5. The number of hydrogen-bond donors (Lipinski definition) is 0. The number of pyridine rings is 1. The summed E-state index contributed by atoms with van der Waals surface area (Å²) in [5.41, 5.74) is 6.25. The number of fused-ring (bicyclic) bond motifs is 1. The zero-order valence-electron chi connectivity index (χ0n) is 22.1. The minimum atomic E-state index is 0.433. The van der Waals surface area contributed by atoms with Crippen molar-refractivity contribution in [1.29, 1.82) is 0 Å². The Labute approximate surface area is 218 Å². The van der Waals surface area contributed by atoms with E-state index in [4.69, 9.17) is 19.4 Å². The number of benzene rings is 2. The lowest BCUT2D eigenvalue weighted by Gasteiger charge is -2.38. The van der Waals surface area contributed by atoms with Crippen LogP contribution in [0.2, 0.25) is 0 Å². The van der Waals surface area contributed by atoms with Gasteiger partial charge in [0.2, 0.25) is 0 Å². The highest BCUT2D eigenvalue weighted by Gasteiger charge is 2.30. The third kappa shape index (κ3) is 4.53. The second kappa shape index (κ2) is 9.71. The van der Waals surface area contributed by atoms with E-state index in [0.717, 1.165) is 72.8 Å². The van der Waals surface area contributed by atoms with Gasteiger partial charge < -0.3 is 18.9 Å². The third-order valence-corrected chi connectivity index (χ3v) is 7.66. The molecule has 0 N–H and O–H groups in total. The van der Waals surface area contributed by atoms with Crippen LogP contribution in [0.3, 0.4) is 0 Å². The van der Waals surface area contributed by atoms with Gasteiger partial charge in [0.15, 0.2) is 17.1 Å². The van der Waals surface area contributed by atoms with Crippen LogP contribution in [0.5, 0.6) is 11.5 Å². The summed E-state index contributed by atoms with van der Waals surface area (Å²) in [4.78, 5) is 15.1. The SMILES string of the molecule is COc1ccc(-c2nc3ccc(-c4ccc(N5CCN(C(C)C)CC5)cc4)nc3n2C2CC2)cc1OC. The van der Waals surface area contributed by atoms with Gasteiger partial charge in [0.1, 0.15) is 11.3 Å². The van der Waals surface area contributed by atoms with E-state index in [1.165, 1.54) is 5.69 Å². The van der Waals surface area contributed by atoms with Crippen LogP contribution in [-0.4, -0.2) is 65.9 Å². The fourth-order valence-electron chi connectivity index (χ4n) is 5.33. The summed E-state index contributed by atoms with van der Waals surface area (Å²) in [5.74, 6) is 2.35. The Morgan fingerprint density at radius 2 is 1.49 bits per heavy atom. The molecule has 1 saturated heterocycles. The van der Waals surface area contributed by atoms with Crippen LogP contribution in [0.15, 0.2) is 54.6 Å². The van der Waals surface area contributed by atoms with Gasteiger partial charge in [0, 0.05) is 55.1 Å². The van der Waals surface area contributed by atoms with Crippen LogP contribution >= 0.6 is 0 Å². The molecule has 0 amide bonds. The molecule has 4 aromatic rings. The monoisotopic (exact) mass is 497 g/mol. The third-order valence-electron chi connectivity index (χ3n) is 7.66. The van der Waals surface area contributed by atoms with E-state index in [2.05, 4.69) is 64.6 Å². The van der Waals surface area contributed by atoms with Gasteiger partial charge >= 0.3 is 0 Å².